The van der Waals surface area contributed by atoms with Gasteiger partial charge >= 0.3 is 0 Å². The number of benzene rings is 1. The molecule has 0 aromatic heterocycles. The van der Waals surface area contributed by atoms with Crippen LogP contribution in [0.25, 0.3) is 0 Å². The van der Waals surface area contributed by atoms with E-state index < -0.39 is 0 Å². The molecule has 0 aliphatic heterocycles. The van der Waals surface area contributed by atoms with Gasteiger partial charge < -0.3 is 10.1 Å². The van der Waals surface area contributed by atoms with E-state index in [9.17, 15) is 4.79 Å². The summed E-state index contributed by atoms with van der Waals surface area (Å²) < 4.78 is 5.37. The lowest BCUT2D eigenvalue weighted by atomic mass is 9.89. The molecule has 1 amide bonds. The number of amides is 1. The highest BCUT2D eigenvalue weighted by Crippen LogP contribution is 2.28. The predicted molar refractivity (Wildman–Crippen MR) is 84.6 cm³/mol. The van der Waals surface area contributed by atoms with Crippen LogP contribution in [0.4, 0.5) is 0 Å². The molecule has 3 nitrogen and oxygen atoms in total. The van der Waals surface area contributed by atoms with E-state index in [1.54, 1.807) is 0 Å². The van der Waals surface area contributed by atoms with Gasteiger partial charge in [-0.1, -0.05) is 15.9 Å². The van der Waals surface area contributed by atoms with Gasteiger partial charge in [0.2, 0.25) is 0 Å². The van der Waals surface area contributed by atoms with Crippen molar-refractivity contribution in [2.24, 2.45) is 5.92 Å². The number of rotatable bonds is 5. The van der Waals surface area contributed by atoms with E-state index in [2.05, 4.69) is 21.2 Å². The molecule has 20 heavy (non-hydrogen) atoms. The van der Waals surface area contributed by atoms with Crippen molar-refractivity contribution in [3.05, 3.63) is 29.8 Å². The van der Waals surface area contributed by atoms with Crippen LogP contribution in [0.15, 0.2) is 24.3 Å². The molecule has 0 bridgehead atoms. The van der Waals surface area contributed by atoms with Gasteiger partial charge in [0.15, 0.2) is 0 Å². The molecule has 4 heteroatoms. The molecule has 1 aliphatic rings. The minimum Gasteiger partial charge on any atom is -0.494 e. The third kappa shape index (κ3) is 4.51. The second-order valence-electron chi connectivity index (χ2n) is 5.29. The number of ether oxygens (including phenoxy) is 1. The van der Waals surface area contributed by atoms with E-state index in [-0.39, 0.29) is 5.91 Å². The minimum atomic E-state index is 0.00835. The van der Waals surface area contributed by atoms with E-state index in [0.717, 1.165) is 12.3 Å². The Morgan fingerprint density at radius 1 is 1.25 bits per heavy atom. The van der Waals surface area contributed by atoms with Crippen LogP contribution in [-0.2, 0) is 0 Å². The first-order valence-corrected chi connectivity index (χ1v) is 8.25. The Labute approximate surface area is 129 Å². The molecule has 0 atom stereocenters. The molecule has 0 unspecified atom stereocenters. The van der Waals surface area contributed by atoms with E-state index in [4.69, 9.17) is 4.74 Å². The first-order valence-electron chi connectivity index (χ1n) is 7.34. The number of alkyl halides is 1. The van der Waals surface area contributed by atoms with Crippen molar-refractivity contribution in [1.82, 2.24) is 5.32 Å². The SMILES string of the molecule is CCOc1ccc(C(=O)NCC2CCC(Br)CC2)cc1. The zero-order chi connectivity index (χ0) is 14.4. The Hall–Kier alpha value is -1.03. The standard InChI is InChI=1S/C16H22BrNO2/c1-2-20-15-9-5-13(6-10-15)16(19)18-11-12-3-7-14(17)8-4-12/h5-6,9-10,12,14H,2-4,7-8,11H2,1H3,(H,18,19). The zero-order valence-electron chi connectivity index (χ0n) is 11.9. The Kier molecular flexibility index (Phi) is 5.89. The van der Waals surface area contributed by atoms with Crippen LogP contribution in [0.2, 0.25) is 0 Å². The van der Waals surface area contributed by atoms with E-state index >= 15 is 0 Å². The summed E-state index contributed by atoms with van der Waals surface area (Å²) in [6.07, 6.45) is 4.81. The number of carbonyl (C=O) groups is 1. The van der Waals surface area contributed by atoms with Crippen molar-refractivity contribution in [2.75, 3.05) is 13.2 Å². The number of carbonyl (C=O) groups excluding carboxylic acids is 1. The lowest BCUT2D eigenvalue weighted by Gasteiger charge is -2.25. The summed E-state index contributed by atoms with van der Waals surface area (Å²) in [6, 6.07) is 7.31. The minimum absolute atomic E-state index is 0.00835. The van der Waals surface area contributed by atoms with Crippen LogP contribution < -0.4 is 10.1 Å². The van der Waals surface area contributed by atoms with Crippen molar-refractivity contribution in [2.45, 2.75) is 37.4 Å². The van der Waals surface area contributed by atoms with E-state index in [1.807, 2.05) is 31.2 Å². The van der Waals surface area contributed by atoms with Gasteiger partial charge in [0, 0.05) is 16.9 Å². The first kappa shape index (κ1) is 15.4. The summed E-state index contributed by atoms with van der Waals surface area (Å²) in [4.78, 5) is 12.7. The second-order valence-corrected chi connectivity index (χ2v) is 6.58. The largest absolute Gasteiger partial charge is 0.494 e. The van der Waals surface area contributed by atoms with Crippen molar-refractivity contribution in [3.8, 4) is 5.75 Å². The molecule has 1 fully saturated rings. The molecule has 0 saturated heterocycles. The average Bonchev–Trinajstić information content (AvgIpc) is 2.47. The maximum atomic E-state index is 12.1. The molecular weight excluding hydrogens is 318 g/mol. The van der Waals surface area contributed by atoms with Crippen LogP contribution in [0.1, 0.15) is 43.0 Å². The lowest BCUT2D eigenvalue weighted by molar-refractivity contribution is 0.0944. The fraction of sp³-hybridized carbons (Fsp3) is 0.562. The van der Waals surface area contributed by atoms with Crippen LogP contribution in [0, 0.1) is 5.92 Å². The summed E-state index contributed by atoms with van der Waals surface area (Å²) in [5, 5.41) is 3.04. The highest BCUT2D eigenvalue weighted by Gasteiger charge is 2.19. The summed E-state index contributed by atoms with van der Waals surface area (Å²) in [7, 11) is 0. The Morgan fingerprint density at radius 2 is 1.90 bits per heavy atom. The number of hydrogen-bond donors (Lipinski definition) is 1. The lowest BCUT2D eigenvalue weighted by Crippen LogP contribution is -2.31. The average molecular weight is 340 g/mol. The quantitative estimate of drug-likeness (QED) is 0.829. The fourth-order valence-corrected chi connectivity index (χ4v) is 3.06. The normalized spacial score (nSPS) is 22.3. The fourth-order valence-electron chi connectivity index (χ4n) is 2.53. The summed E-state index contributed by atoms with van der Waals surface area (Å²) in [5.74, 6) is 1.43. The highest BCUT2D eigenvalue weighted by molar-refractivity contribution is 9.09. The van der Waals surface area contributed by atoms with Crippen LogP contribution in [0.3, 0.4) is 0 Å². The van der Waals surface area contributed by atoms with Crippen LogP contribution in [-0.4, -0.2) is 23.9 Å². The summed E-state index contributed by atoms with van der Waals surface area (Å²) in [6.45, 7) is 3.37. The van der Waals surface area contributed by atoms with Crippen molar-refractivity contribution >= 4 is 21.8 Å². The topological polar surface area (TPSA) is 38.3 Å². The maximum absolute atomic E-state index is 12.1. The third-order valence-corrected chi connectivity index (χ3v) is 4.67. The van der Waals surface area contributed by atoms with Gasteiger partial charge in [0.25, 0.3) is 5.91 Å². The van der Waals surface area contributed by atoms with Crippen LogP contribution >= 0.6 is 15.9 Å². The second kappa shape index (κ2) is 7.67. The van der Waals surface area contributed by atoms with E-state index in [1.165, 1.54) is 25.7 Å². The number of halogens is 1. The Balaban J connectivity index is 1.79. The Bertz CT molecular complexity index is 425. The third-order valence-electron chi connectivity index (χ3n) is 3.76. The van der Waals surface area contributed by atoms with Gasteiger partial charge in [0.05, 0.1) is 6.61 Å². The number of hydrogen-bond acceptors (Lipinski definition) is 2. The molecule has 2 rings (SSSR count). The van der Waals surface area contributed by atoms with Gasteiger partial charge in [-0.2, -0.15) is 0 Å². The molecule has 1 N–H and O–H groups in total. The monoisotopic (exact) mass is 339 g/mol. The molecule has 0 spiro atoms. The van der Waals surface area contributed by atoms with Crippen LogP contribution in [0.5, 0.6) is 5.75 Å². The molecule has 0 heterocycles. The molecular formula is C16H22BrNO2. The molecule has 1 aromatic carbocycles. The van der Waals surface area contributed by atoms with Gasteiger partial charge in [-0.3, -0.25) is 4.79 Å². The smallest absolute Gasteiger partial charge is 0.251 e. The predicted octanol–water partition coefficient (Wildman–Crippen LogP) is 3.77. The molecule has 1 saturated carbocycles. The molecule has 1 aliphatic carbocycles. The van der Waals surface area contributed by atoms with Crippen molar-refractivity contribution in [3.63, 3.8) is 0 Å². The maximum Gasteiger partial charge on any atom is 0.251 e. The molecule has 0 radical (unpaired) electrons. The van der Waals surface area contributed by atoms with E-state index in [0.29, 0.717) is 22.9 Å². The highest BCUT2D eigenvalue weighted by atomic mass is 79.9. The summed E-state index contributed by atoms with van der Waals surface area (Å²) in [5.41, 5.74) is 0.697. The number of nitrogens with one attached hydrogen (secondary N) is 1. The van der Waals surface area contributed by atoms with Gasteiger partial charge in [-0.25, -0.2) is 0 Å². The van der Waals surface area contributed by atoms with Gasteiger partial charge in [0.1, 0.15) is 5.75 Å². The summed E-state index contributed by atoms with van der Waals surface area (Å²) >= 11 is 3.65. The van der Waals surface area contributed by atoms with Gasteiger partial charge in [-0.15, -0.1) is 0 Å². The first-order chi connectivity index (χ1) is 9.69. The Morgan fingerprint density at radius 3 is 2.50 bits per heavy atom. The molecule has 110 valence electrons. The zero-order valence-corrected chi connectivity index (χ0v) is 13.5. The van der Waals surface area contributed by atoms with Gasteiger partial charge in [-0.05, 0) is 62.8 Å². The van der Waals surface area contributed by atoms with Crippen molar-refractivity contribution < 1.29 is 9.53 Å². The molecule has 1 aromatic rings. The van der Waals surface area contributed by atoms with Crippen molar-refractivity contribution in [1.29, 1.82) is 0 Å².